The van der Waals surface area contributed by atoms with Gasteiger partial charge in [0.1, 0.15) is 10.6 Å². The summed E-state index contributed by atoms with van der Waals surface area (Å²) < 4.78 is 32.3. The first-order chi connectivity index (χ1) is 9.85. The molecule has 1 aliphatic rings. The van der Waals surface area contributed by atoms with Crippen LogP contribution in [0.5, 0.6) is 5.75 Å². The number of alkyl halides is 1. The third-order valence-corrected chi connectivity index (χ3v) is 5.42. The zero-order chi connectivity index (χ0) is 15.6. The van der Waals surface area contributed by atoms with Crippen LogP contribution in [0.1, 0.15) is 19.3 Å². The van der Waals surface area contributed by atoms with Crippen molar-refractivity contribution >= 4 is 27.3 Å². The molecule has 1 N–H and O–H groups in total. The van der Waals surface area contributed by atoms with E-state index in [1.54, 1.807) is 0 Å². The number of nitro groups is 1. The quantitative estimate of drug-likeness (QED) is 0.504. The van der Waals surface area contributed by atoms with E-state index in [0.717, 1.165) is 18.9 Å². The molecule has 0 radical (unpaired) electrons. The van der Waals surface area contributed by atoms with Gasteiger partial charge in [0.05, 0.1) is 12.0 Å². The minimum absolute atomic E-state index is 0.0530. The summed E-state index contributed by atoms with van der Waals surface area (Å²) in [4.78, 5) is 9.90. The molecule has 9 heteroatoms. The molecule has 1 aliphatic carbocycles. The van der Waals surface area contributed by atoms with Gasteiger partial charge >= 0.3 is 0 Å². The lowest BCUT2D eigenvalue weighted by Crippen LogP contribution is -2.37. The standard InChI is InChI=1S/C12H15ClN2O5S/c1-20-11-6-5-8(15(16)17)7-12(11)21(18,19)14-10-4-2-3-9(10)13/h5-7,9-10,14H,2-4H2,1H3. The van der Waals surface area contributed by atoms with Gasteiger partial charge in [-0.1, -0.05) is 6.42 Å². The van der Waals surface area contributed by atoms with E-state index in [-0.39, 0.29) is 27.8 Å². The van der Waals surface area contributed by atoms with Crippen LogP contribution in [-0.2, 0) is 10.0 Å². The van der Waals surface area contributed by atoms with Crippen molar-refractivity contribution < 1.29 is 18.1 Å². The Balaban J connectivity index is 2.38. The van der Waals surface area contributed by atoms with Gasteiger partial charge in [-0.25, -0.2) is 13.1 Å². The molecule has 2 unspecified atom stereocenters. The summed E-state index contributed by atoms with van der Waals surface area (Å²) in [6.07, 6.45) is 2.22. The maximum atomic E-state index is 12.4. The first-order valence-electron chi connectivity index (χ1n) is 6.34. The summed E-state index contributed by atoms with van der Waals surface area (Å²) in [5.41, 5.74) is -0.315. The zero-order valence-corrected chi connectivity index (χ0v) is 12.9. The Labute approximate surface area is 127 Å². The van der Waals surface area contributed by atoms with E-state index in [2.05, 4.69) is 4.72 Å². The molecule has 0 saturated heterocycles. The summed E-state index contributed by atoms with van der Waals surface area (Å²) in [6.45, 7) is 0. The van der Waals surface area contributed by atoms with E-state index < -0.39 is 14.9 Å². The summed E-state index contributed by atoms with van der Waals surface area (Å²) >= 11 is 6.06. The van der Waals surface area contributed by atoms with E-state index in [0.29, 0.717) is 6.42 Å². The molecule has 116 valence electrons. The highest BCUT2D eigenvalue weighted by Gasteiger charge is 2.32. The van der Waals surface area contributed by atoms with E-state index in [1.807, 2.05) is 0 Å². The fourth-order valence-corrected chi connectivity index (χ4v) is 4.22. The third kappa shape index (κ3) is 3.45. The van der Waals surface area contributed by atoms with Crippen LogP contribution >= 0.6 is 11.6 Å². The molecule has 1 saturated carbocycles. The van der Waals surface area contributed by atoms with Crippen LogP contribution in [0.3, 0.4) is 0 Å². The highest BCUT2D eigenvalue weighted by Crippen LogP contribution is 2.30. The number of sulfonamides is 1. The lowest BCUT2D eigenvalue weighted by atomic mass is 10.3. The maximum absolute atomic E-state index is 12.4. The number of hydrogen-bond acceptors (Lipinski definition) is 5. The third-order valence-electron chi connectivity index (χ3n) is 3.39. The molecule has 0 aliphatic heterocycles. The van der Waals surface area contributed by atoms with E-state index in [9.17, 15) is 18.5 Å². The smallest absolute Gasteiger partial charge is 0.271 e. The van der Waals surface area contributed by atoms with Crippen LogP contribution in [0.4, 0.5) is 5.69 Å². The number of non-ortho nitro benzene ring substituents is 1. The van der Waals surface area contributed by atoms with Crippen LogP contribution < -0.4 is 9.46 Å². The predicted octanol–water partition coefficient (Wildman–Crippen LogP) is 2.04. The van der Waals surface area contributed by atoms with Crippen molar-refractivity contribution in [1.29, 1.82) is 0 Å². The molecule has 1 aromatic carbocycles. The summed E-state index contributed by atoms with van der Waals surface area (Å²) in [5, 5.41) is 10.5. The summed E-state index contributed by atoms with van der Waals surface area (Å²) in [7, 11) is -2.63. The normalized spacial score (nSPS) is 22.2. The van der Waals surface area contributed by atoms with Crippen molar-refractivity contribution in [2.75, 3.05) is 7.11 Å². The van der Waals surface area contributed by atoms with Gasteiger partial charge in [-0.15, -0.1) is 11.6 Å². The second-order valence-corrected chi connectivity index (χ2v) is 7.01. The molecule has 2 rings (SSSR count). The highest BCUT2D eigenvalue weighted by molar-refractivity contribution is 7.89. The van der Waals surface area contributed by atoms with Crippen LogP contribution in [0.15, 0.2) is 23.1 Å². The Morgan fingerprint density at radius 3 is 2.67 bits per heavy atom. The molecule has 0 spiro atoms. The first kappa shape index (κ1) is 16.0. The van der Waals surface area contributed by atoms with Crippen molar-refractivity contribution in [3.63, 3.8) is 0 Å². The van der Waals surface area contributed by atoms with Crippen LogP contribution in [0.2, 0.25) is 0 Å². The van der Waals surface area contributed by atoms with Crippen LogP contribution in [0.25, 0.3) is 0 Å². The van der Waals surface area contributed by atoms with Crippen molar-refractivity contribution in [3.05, 3.63) is 28.3 Å². The van der Waals surface area contributed by atoms with Crippen LogP contribution in [0, 0.1) is 10.1 Å². The molecular weight excluding hydrogens is 320 g/mol. The average Bonchev–Trinajstić information content (AvgIpc) is 2.82. The number of nitrogens with one attached hydrogen (secondary N) is 1. The van der Waals surface area contributed by atoms with Crippen molar-refractivity contribution in [2.24, 2.45) is 0 Å². The first-order valence-corrected chi connectivity index (χ1v) is 8.26. The number of halogens is 1. The lowest BCUT2D eigenvalue weighted by Gasteiger charge is -2.17. The number of ether oxygens (including phenoxy) is 1. The number of rotatable bonds is 5. The summed E-state index contributed by atoms with van der Waals surface area (Å²) in [6, 6.07) is 3.07. The molecule has 7 nitrogen and oxygen atoms in total. The summed E-state index contributed by atoms with van der Waals surface area (Å²) in [5.74, 6) is 0.0530. The fourth-order valence-electron chi connectivity index (χ4n) is 2.30. The van der Waals surface area contributed by atoms with Crippen molar-refractivity contribution in [1.82, 2.24) is 4.72 Å². The van der Waals surface area contributed by atoms with E-state index in [4.69, 9.17) is 16.3 Å². The zero-order valence-electron chi connectivity index (χ0n) is 11.3. The Bertz CT molecular complexity index is 649. The molecule has 1 aromatic rings. The van der Waals surface area contributed by atoms with Crippen LogP contribution in [-0.4, -0.2) is 31.9 Å². The van der Waals surface area contributed by atoms with Gasteiger partial charge in [-0.3, -0.25) is 10.1 Å². The number of nitro benzene ring substituents is 1. The molecule has 21 heavy (non-hydrogen) atoms. The van der Waals surface area contributed by atoms with Gasteiger partial charge in [0.25, 0.3) is 5.69 Å². The van der Waals surface area contributed by atoms with Gasteiger partial charge < -0.3 is 4.74 Å². The molecule has 0 heterocycles. The largest absolute Gasteiger partial charge is 0.495 e. The Kier molecular flexibility index (Phi) is 4.70. The Morgan fingerprint density at radius 2 is 2.14 bits per heavy atom. The SMILES string of the molecule is COc1ccc([N+](=O)[O-])cc1S(=O)(=O)NC1CCCC1Cl. The molecule has 2 atom stereocenters. The topological polar surface area (TPSA) is 98.5 Å². The number of hydrogen-bond donors (Lipinski definition) is 1. The molecular formula is C12H15ClN2O5S. The second-order valence-electron chi connectivity index (χ2n) is 4.77. The minimum Gasteiger partial charge on any atom is -0.495 e. The van der Waals surface area contributed by atoms with Gasteiger partial charge in [-0.05, 0) is 18.9 Å². The Morgan fingerprint density at radius 1 is 1.43 bits per heavy atom. The van der Waals surface area contributed by atoms with Gasteiger partial charge in [0, 0.05) is 23.6 Å². The number of nitrogens with zero attached hydrogens (tertiary/aromatic N) is 1. The Hall–Kier alpha value is -1.38. The molecule has 0 bridgehead atoms. The van der Waals surface area contributed by atoms with Gasteiger partial charge in [0.2, 0.25) is 10.0 Å². The number of methoxy groups -OCH3 is 1. The minimum atomic E-state index is -3.94. The van der Waals surface area contributed by atoms with Crippen molar-refractivity contribution in [2.45, 2.75) is 35.6 Å². The van der Waals surface area contributed by atoms with E-state index in [1.165, 1.54) is 19.2 Å². The predicted molar refractivity (Wildman–Crippen MR) is 77.2 cm³/mol. The van der Waals surface area contributed by atoms with Gasteiger partial charge in [0.15, 0.2) is 0 Å². The number of benzene rings is 1. The van der Waals surface area contributed by atoms with Gasteiger partial charge in [-0.2, -0.15) is 0 Å². The highest BCUT2D eigenvalue weighted by atomic mass is 35.5. The lowest BCUT2D eigenvalue weighted by molar-refractivity contribution is -0.385. The average molecular weight is 335 g/mol. The monoisotopic (exact) mass is 334 g/mol. The second kappa shape index (κ2) is 6.17. The molecule has 0 amide bonds. The molecule has 1 fully saturated rings. The maximum Gasteiger partial charge on any atom is 0.271 e. The van der Waals surface area contributed by atoms with Crippen molar-refractivity contribution in [3.8, 4) is 5.75 Å². The van der Waals surface area contributed by atoms with E-state index >= 15 is 0 Å². The fraction of sp³-hybridized carbons (Fsp3) is 0.500. The molecule has 0 aromatic heterocycles.